The van der Waals surface area contributed by atoms with Crippen molar-refractivity contribution in [2.75, 3.05) is 0 Å². The maximum atomic E-state index is 12.9. The first-order valence-electron chi connectivity index (χ1n) is 8.00. The molecule has 1 aliphatic carbocycles. The van der Waals surface area contributed by atoms with Crippen molar-refractivity contribution in [1.29, 1.82) is 0 Å². The van der Waals surface area contributed by atoms with Gasteiger partial charge in [0, 0.05) is 12.2 Å². The normalized spacial score (nSPS) is 13.7. The zero-order valence-corrected chi connectivity index (χ0v) is 13.1. The summed E-state index contributed by atoms with van der Waals surface area (Å²) in [5, 5.41) is 8.57. The molecule has 6 heteroatoms. The summed E-state index contributed by atoms with van der Waals surface area (Å²) in [5.74, 6) is -0.0923. The Kier molecular flexibility index (Phi) is 3.78. The number of hydrogen-bond acceptors (Lipinski definition) is 4. The second kappa shape index (κ2) is 6.23. The molecule has 0 spiro atoms. The van der Waals surface area contributed by atoms with Crippen molar-refractivity contribution >= 4 is 5.91 Å². The van der Waals surface area contributed by atoms with Gasteiger partial charge in [-0.3, -0.25) is 9.78 Å². The standard InChI is InChI=1S/C18H17N5O/c24-18(17-12-20-23(21-17)16-7-2-1-3-8-16)22(15-9-10-15)13-14-6-4-5-11-19-14/h1-8,11-12,15H,9-10,13H2. The molecular formula is C18H17N5O. The summed E-state index contributed by atoms with van der Waals surface area (Å²) in [6.45, 7) is 0.503. The molecule has 0 bridgehead atoms. The molecule has 4 rings (SSSR count). The van der Waals surface area contributed by atoms with Gasteiger partial charge in [-0.15, -0.1) is 5.10 Å². The van der Waals surface area contributed by atoms with E-state index in [0.717, 1.165) is 24.2 Å². The highest BCUT2D eigenvalue weighted by atomic mass is 16.2. The Bertz CT molecular complexity index is 827. The lowest BCUT2D eigenvalue weighted by Gasteiger charge is -2.20. The maximum Gasteiger partial charge on any atom is 0.276 e. The zero-order chi connectivity index (χ0) is 16.4. The third kappa shape index (κ3) is 3.03. The quantitative estimate of drug-likeness (QED) is 0.725. The summed E-state index contributed by atoms with van der Waals surface area (Å²) < 4.78 is 0. The van der Waals surface area contributed by atoms with Crippen LogP contribution >= 0.6 is 0 Å². The SMILES string of the molecule is O=C(c1cnn(-c2ccccc2)n1)N(Cc1ccccn1)C1CC1. The molecule has 0 radical (unpaired) electrons. The Labute approximate surface area is 139 Å². The second-order valence-electron chi connectivity index (χ2n) is 5.84. The van der Waals surface area contributed by atoms with E-state index < -0.39 is 0 Å². The van der Waals surface area contributed by atoms with Crippen molar-refractivity contribution in [3.05, 3.63) is 72.3 Å². The second-order valence-corrected chi connectivity index (χ2v) is 5.84. The van der Waals surface area contributed by atoms with Crippen LogP contribution in [0.4, 0.5) is 0 Å². The molecule has 0 saturated heterocycles. The first-order valence-corrected chi connectivity index (χ1v) is 8.00. The molecule has 1 amide bonds. The van der Waals surface area contributed by atoms with E-state index in [1.54, 1.807) is 6.20 Å². The van der Waals surface area contributed by atoms with Gasteiger partial charge in [0.05, 0.1) is 24.1 Å². The van der Waals surface area contributed by atoms with Gasteiger partial charge >= 0.3 is 0 Å². The number of benzene rings is 1. The smallest absolute Gasteiger partial charge is 0.276 e. The topological polar surface area (TPSA) is 63.9 Å². The molecule has 0 atom stereocenters. The minimum absolute atomic E-state index is 0.0923. The van der Waals surface area contributed by atoms with E-state index >= 15 is 0 Å². The molecule has 0 N–H and O–H groups in total. The van der Waals surface area contributed by atoms with Crippen LogP contribution < -0.4 is 0 Å². The number of amides is 1. The van der Waals surface area contributed by atoms with E-state index in [1.807, 2.05) is 53.4 Å². The van der Waals surface area contributed by atoms with Crippen LogP contribution in [0.25, 0.3) is 5.69 Å². The molecule has 0 aliphatic heterocycles. The third-order valence-electron chi connectivity index (χ3n) is 4.01. The van der Waals surface area contributed by atoms with Crippen molar-refractivity contribution < 1.29 is 4.79 Å². The summed E-state index contributed by atoms with van der Waals surface area (Å²) in [6, 6.07) is 15.6. The molecule has 24 heavy (non-hydrogen) atoms. The van der Waals surface area contributed by atoms with Gasteiger partial charge in [-0.2, -0.15) is 9.90 Å². The van der Waals surface area contributed by atoms with Gasteiger partial charge in [-0.1, -0.05) is 24.3 Å². The summed E-state index contributed by atoms with van der Waals surface area (Å²) >= 11 is 0. The number of hydrogen-bond donors (Lipinski definition) is 0. The highest BCUT2D eigenvalue weighted by Gasteiger charge is 2.34. The Hall–Kier alpha value is -3.02. The van der Waals surface area contributed by atoms with Gasteiger partial charge in [0.1, 0.15) is 0 Å². The van der Waals surface area contributed by atoms with Gasteiger partial charge in [-0.25, -0.2) is 0 Å². The fourth-order valence-corrected chi connectivity index (χ4v) is 2.61. The molecule has 3 aromatic rings. The Morgan fingerprint density at radius 3 is 2.62 bits per heavy atom. The van der Waals surface area contributed by atoms with Crippen LogP contribution in [0, 0.1) is 0 Å². The lowest BCUT2D eigenvalue weighted by Crippen LogP contribution is -2.33. The predicted octanol–water partition coefficient (Wildman–Crippen LogP) is 2.47. The van der Waals surface area contributed by atoms with E-state index in [4.69, 9.17) is 0 Å². The van der Waals surface area contributed by atoms with Gasteiger partial charge < -0.3 is 4.90 Å². The van der Waals surface area contributed by atoms with Gasteiger partial charge in [0.2, 0.25) is 0 Å². The molecular weight excluding hydrogens is 302 g/mol. The van der Waals surface area contributed by atoms with Crippen LogP contribution in [0.2, 0.25) is 0 Å². The summed E-state index contributed by atoms with van der Waals surface area (Å²) in [4.78, 5) is 20.5. The molecule has 1 aliphatic rings. The fourth-order valence-electron chi connectivity index (χ4n) is 2.61. The van der Waals surface area contributed by atoms with E-state index in [-0.39, 0.29) is 11.9 Å². The van der Waals surface area contributed by atoms with Crippen molar-refractivity contribution in [1.82, 2.24) is 24.9 Å². The molecule has 0 unspecified atom stereocenters. The van der Waals surface area contributed by atoms with E-state index in [9.17, 15) is 4.79 Å². The highest BCUT2D eigenvalue weighted by Crippen LogP contribution is 2.29. The number of carbonyl (C=O) groups excluding carboxylic acids is 1. The average molecular weight is 319 g/mol. The average Bonchev–Trinajstić information content (AvgIpc) is 3.36. The molecule has 1 fully saturated rings. The molecule has 1 saturated carbocycles. The minimum Gasteiger partial charge on any atom is -0.328 e. The highest BCUT2D eigenvalue weighted by molar-refractivity contribution is 5.92. The van der Waals surface area contributed by atoms with Crippen molar-refractivity contribution in [2.24, 2.45) is 0 Å². The van der Waals surface area contributed by atoms with E-state index in [1.165, 1.54) is 11.0 Å². The Morgan fingerprint density at radius 1 is 1.12 bits per heavy atom. The molecule has 120 valence electrons. The van der Waals surface area contributed by atoms with Crippen LogP contribution in [-0.4, -0.2) is 36.8 Å². The van der Waals surface area contributed by atoms with Gasteiger partial charge in [0.25, 0.3) is 5.91 Å². The van der Waals surface area contributed by atoms with Crippen LogP contribution in [0.3, 0.4) is 0 Å². The lowest BCUT2D eigenvalue weighted by atomic mass is 10.3. The summed E-state index contributed by atoms with van der Waals surface area (Å²) in [6.07, 6.45) is 5.34. The number of carbonyl (C=O) groups is 1. The van der Waals surface area contributed by atoms with E-state index in [0.29, 0.717) is 12.2 Å². The minimum atomic E-state index is -0.0923. The Morgan fingerprint density at radius 2 is 1.92 bits per heavy atom. The van der Waals surface area contributed by atoms with Crippen LogP contribution in [0.1, 0.15) is 29.0 Å². The molecule has 2 heterocycles. The first-order chi connectivity index (χ1) is 11.8. The van der Waals surface area contributed by atoms with Crippen LogP contribution in [-0.2, 0) is 6.54 Å². The number of aromatic nitrogens is 4. The van der Waals surface area contributed by atoms with Gasteiger partial charge in [0.15, 0.2) is 5.69 Å². The maximum absolute atomic E-state index is 12.9. The monoisotopic (exact) mass is 319 g/mol. The number of nitrogens with zero attached hydrogens (tertiary/aromatic N) is 5. The van der Waals surface area contributed by atoms with Crippen molar-refractivity contribution in [3.8, 4) is 5.69 Å². The number of para-hydroxylation sites is 1. The number of pyridine rings is 1. The number of rotatable bonds is 5. The fraction of sp³-hybridized carbons (Fsp3) is 0.222. The molecule has 1 aromatic carbocycles. The van der Waals surface area contributed by atoms with Crippen LogP contribution in [0.5, 0.6) is 0 Å². The largest absolute Gasteiger partial charge is 0.328 e. The van der Waals surface area contributed by atoms with Crippen LogP contribution in [0.15, 0.2) is 60.9 Å². The van der Waals surface area contributed by atoms with Crippen molar-refractivity contribution in [3.63, 3.8) is 0 Å². The summed E-state index contributed by atoms with van der Waals surface area (Å²) in [5.41, 5.74) is 2.08. The summed E-state index contributed by atoms with van der Waals surface area (Å²) in [7, 11) is 0. The Balaban J connectivity index is 1.56. The molecule has 2 aromatic heterocycles. The van der Waals surface area contributed by atoms with Gasteiger partial charge in [-0.05, 0) is 37.1 Å². The predicted molar refractivity (Wildman–Crippen MR) is 88.5 cm³/mol. The molecule has 6 nitrogen and oxygen atoms in total. The first kappa shape index (κ1) is 14.6. The zero-order valence-electron chi connectivity index (χ0n) is 13.1. The lowest BCUT2D eigenvalue weighted by molar-refractivity contribution is 0.0721. The van der Waals surface area contributed by atoms with Crippen molar-refractivity contribution in [2.45, 2.75) is 25.4 Å². The third-order valence-corrected chi connectivity index (χ3v) is 4.01. The van der Waals surface area contributed by atoms with E-state index in [2.05, 4.69) is 15.2 Å².